The molecular formula is C18H17F3N2O2. The Bertz CT molecular complexity index is 738. The lowest BCUT2D eigenvalue weighted by Gasteiger charge is -2.11. The van der Waals surface area contributed by atoms with Crippen molar-refractivity contribution in [3.63, 3.8) is 0 Å². The van der Waals surface area contributed by atoms with Crippen molar-refractivity contribution in [3.8, 4) is 0 Å². The lowest BCUT2D eigenvalue weighted by atomic mass is 10.2. The summed E-state index contributed by atoms with van der Waals surface area (Å²) < 4.78 is 37.5. The lowest BCUT2D eigenvalue weighted by Crippen LogP contribution is -2.26. The SMILES string of the molecule is Cc1ccc(/C=N\O[C@H](C)C(=O)Nc2ccc(C(F)(F)F)cc2)cc1. The van der Waals surface area contributed by atoms with Gasteiger partial charge in [-0.05, 0) is 43.7 Å². The predicted octanol–water partition coefficient (Wildman–Crippen LogP) is 4.39. The van der Waals surface area contributed by atoms with Crippen LogP contribution in [0.4, 0.5) is 18.9 Å². The summed E-state index contributed by atoms with van der Waals surface area (Å²) in [6.45, 7) is 3.46. The van der Waals surface area contributed by atoms with Crippen LogP contribution in [0, 0.1) is 6.92 Å². The Morgan fingerprint density at radius 2 is 1.72 bits per heavy atom. The van der Waals surface area contributed by atoms with E-state index in [0.717, 1.165) is 23.3 Å². The van der Waals surface area contributed by atoms with Gasteiger partial charge in [0, 0.05) is 5.69 Å². The van der Waals surface area contributed by atoms with E-state index in [0.29, 0.717) is 0 Å². The first-order valence-electron chi connectivity index (χ1n) is 7.49. The molecule has 0 aromatic heterocycles. The summed E-state index contributed by atoms with van der Waals surface area (Å²) in [4.78, 5) is 17.0. The van der Waals surface area contributed by atoms with Crippen LogP contribution in [-0.2, 0) is 15.8 Å². The van der Waals surface area contributed by atoms with Crippen molar-refractivity contribution in [1.82, 2.24) is 0 Å². The zero-order chi connectivity index (χ0) is 18.4. The van der Waals surface area contributed by atoms with Crippen molar-refractivity contribution >= 4 is 17.8 Å². The van der Waals surface area contributed by atoms with Crippen LogP contribution in [0.25, 0.3) is 0 Å². The topological polar surface area (TPSA) is 50.7 Å². The van der Waals surface area contributed by atoms with Crippen molar-refractivity contribution in [1.29, 1.82) is 0 Å². The van der Waals surface area contributed by atoms with Gasteiger partial charge in [-0.1, -0.05) is 35.0 Å². The normalized spacial score (nSPS) is 12.8. The zero-order valence-corrected chi connectivity index (χ0v) is 13.7. The van der Waals surface area contributed by atoms with Gasteiger partial charge < -0.3 is 10.2 Å². The van der Waals surface area contributed by atoms with Gasteiger partial charge in [0.15, 0.2) is 0 Å². The number of hydrogen-bond donors (Lipinski definition) is 1. The lowest BCUT2D eigenvalue weighted by molar-refractivity contribution is -0.137. The Balaban J connectivity index is 1.88. The van der Waals surface area contributed by atoms with Crippen LogP contribution < -0.4 is 5.32 Å². The summed E-state index contributed by atoms with van der Waals surface area (Å²) >= 11 is 0. The maximum atomic E-state index is 12.5. The fourth-order valence-electron chi connectivity index (χ4n) is 1.87. The number of nitrogens with one attached hydrogen (secondary N) is 1. The molecule has 2 rings (SSSR count). The molecule has 0 heterocycles. The molecule has 0 unspecified atom stereocenters. The largest absolute Gasteiger partial charge is 0.416 e. The summed E-state index contributed by atoms with van der Waals surface area (Å²) in [6, 6.07) is 11.7. The van der Waals surface area contributed by atoms with Crippen LogP contribution in [0.1, 0.15) is 23.6 Å². The van der Waals surface area contributed by atoms with E-state index in [1.807, 2.05) is 31.2 Å². The number of rotatable bonds is 5. The van der Waals surface area contributed by atoms with E-state index >= 15 is 0 Å². The molecule has 132 valence electrons. The molecule has 0 bridgehead atoms. The van der Waals surface area contributed by atoms with Crippen molar-refractivity contribution < 1.29 is 22.8 Å². The molecule has 0 saturated carbocycles. The summed E-state index contributed by atoms with van der Waals surface area (Å²) in [5.74, 6) is -0.513. The van der Waals surface area contributed by atoms with Gasteiger partial charge >= 0.3 is 6.18 Å². The van der Waals surface area contributed by atoms with E-state index in [1.54, 1.807) is 0 Å². The molecular weight excluding hydrogens is 333 g/mol. The number of carbonyl (C=O) groups excluding carboxylic acids is 1. The van der Waals surface area contributed by atoms with Gasteiger partial charge in [0.2, 0.25) is 6.10 Å². The highest BCUT2D eigenvalue weighted by Crippen LogP contribution is 2.29. The first kappa shape index (κ1) is 18.5. The van der Waals surface area contributed by atoms with Crippen LogP contribution in [-0.4, -0.2) is 18.2 Å². The second-order valence-electron chi connectivity index (χ2n) is 5.46. The summed E-state index contributed by atoms with van der Waals surface area (Å²) in [6.07, 6.45) is -3.84. The third kappa shape index (κ3) is 5.63. The van der Waals surface area contributed by atoms with Gasteiger partial charge in [-0.15, -0.1) is 0 Å². The van der Waals surface area contributed by atoms with Crippen molar-refractivity contribution in [2.75, 3.05) is 5.32 Å². The Hall–Kier alpha value is -2.83. The molecule has 1 amide bonds. The predicted molar refractivity (Wildman–Crippen MR) is 89.4 cm³/mol. The van der Waals surface area contributed by atoms with Crippen LogP contribution >= 0.6 is 0 Å². The van der Waals surface area contributed by atoms with Gasteiger partial charge in [0.05, 0.1) is 11.8 Å². The van der Waals surface area contributed by atoms with Gasteiger partial charge in [0.25, 0.3) is 5.91 Å². The molecule has 1 N–H and O–H groups in total. The molecule has 0 aliphatic rings. The maximum Gasteiger partial charge on any atom is 0.416 e. The highest BCUT2D eigenvalue weighted by molar-refractivity contribution is 5.94. The van der Waals surface area contributed by atoms with E-state index in [2.05, 4.69) is 10.5 Å². The molecule has 0 radical (unpaired) electrons. The minimum Gasteiger partial charge on any atom is -0.383 e. The van der Waals surface area contributed by atoms with Crippen molar-refractivity contribution in [3.05, 3.63) is 65.2 Å². The number of benzene rings is 2. The smallest absolute Gasteiger partial charge is 0.383 e. The molecule has 0 saturated heterocycles. The van der Waals surface area contributed by atoms with E-state index in [1.165, 1.54) is 25.3 Å². The zero-order valence-electron chi connectivity index (χ0n) is 13.7. The first-order chi connectivity index (χ1) is 11.8. The summed E-state index contributed by atoms with van der Waals surface area (Å²) in [5.41, 5.74) is 1.40. The van der Waals surface area contributed by atoms with Crippen LogP contribution in [0.3, 0.4) is 0 Å². The average molecular weight is 350 g/mol. The number of alkyl halides is 3. The maximum absolute atomic E-state index is 12.5. The van der Waals surface area contributed by atoms with Crippen molar-refractivity contribution in [2.24, 2.45) is 5.16 Å². The molecule has 7 heteroatoms. The van der Waals surface area contributed by atoms with E-state index in [-0.39, 0.29) is 5.69 Å². The van der Waals surface area contributed by atoms with Gasteiger partial charge in [-0.25, -0.2) is 0 Å². The number of amides is 1. The summed E-state index contributed by atoms with van der Waals surface area (Å²) in [7, 11) is 0. The van der Waals surface area contributed by atoms with E-state index in [4.69, 9.17) is 4.84 Å². The quantitative estimate of drug-likeness (QED) is 0.642. The summed E-state index contributed by atoms with van der Waals surface area (Å²) in [5, 5.41) is 6.22. The number of carbonyl (C=O) groups is 1. The fourth-order valence-corrected chi connectivity index (χ4v) is 1.87. The standard InChI is InChI=1S/C18H17F3N2O2/c1-12-3-5-14(6-4-12)11-22-25-13(2)17(24)23-16-9-7-15(8-10-16)18(19,20)21/h3-11,13H,1-2H3,(H,23,24)/b22-11-/t13-/m1/s1. The Kier molecular flexibility index (Phi) is 5.80. The highest BCUT2D eigenvalue weighted by Gasteiger charge is 2.30. The molecule has 0 aliphatic carbocycles. The minimum atomic E-state index is -4.41. The highest BCUT2D eigenvalue weighted by atomic mass is 19.4. The number of nitrogens with zero attached hydrogens (tertiary/aromatic N) is 1. The van der Waals surface area contributed by atoms with Gasteiger partial charge in [-0.2, -0.15) is 13.2 Å². The van der Waals surface area contributed by atoms with Crippen LogP contribution in [0.15, 0.2) is 53.7 Å². The van der Waals surface area contributed by atoms with Gasteiger partial charge in [-0.3, -0.25) is 4.79 Å². The molecule has 0 fully saturated rings. The number of halogens is 3. The Morgan fingerprint density at radius 1 is 1.12 bits per heavy atom. The molecule has 25 heavy (non-hydrogen) atoms. The van der Waals surface area contributed by atoms with Gasteiger partial charge in [0.1, 0.15) is 0 Å². The number of aryl methyl sites for hydroxylation is 1. The van der Waals surface area contributed by atoms with Crippen LogP contribution in [0.2, 0.25) is 0 Å². The third-order valence-electron chi connectivity index (χ3n) is 3.35. The molecule has 0 aliphatic heterocycles. The first-order valence-corrected chi connectivity index (χ1v) is 7.49. The third-order valence-corrected chi connectivity index (χ3v) is 3.35. The average Bonchev–Trinajstić information content (AvgIpc) is 2.56. The molecule has 2 aromatic rings. The number of anilines is 1. The van der Waals surface area contributed by atoms with E-state index < -0.39 is 23.8 Å². The minimum absolute atomic E-state index is 0.246. The van der Waals surface area contributed by atoms with E-state index in [9.17, 15) is 18.0 Å². The Labute approximate surface area is 143 Å². The second-order valence-corrected chi connectivity index (χ2v) is 5.46. The van der Waals surface area contributed by atoms with Crippen molar-refractivity contribution in [2.45, 2.75) is 26.1 Å². The number of oxime groups is 1. The van der Waals surface area contributed by atoms with Crippen LogP contribution in [0.5, 0.6) is 0 Å². The number of hydrogen-bond acceptors (Lipinski definition) is 3. The molecule has 4 nitrogen and oxygen atoms in total. The monoisotopic (exact) mass is 350 g/mol. The molecule has 1 atom stereocenters. The second kappa shape index (κ2) is 7.83. The molecule has 2 aromatic carbocycles. The molecule has 0 spiro atoms. The fraction of sp³-hybridized carbons (Fsp3) is 0.222. The Morgan fingerprint density at radius 3 is 2.28 bits per heavy atom.